The van der Waals surface area contributed by atoms with E-state index in [9.17, 15) is 5.11 Å². The third-order valence-electron chi connectivity index (χ3n) is 5.72. The Bertz CT molecular complexity index is 976. The summed E-state index contributed by atoms with van der Waals surface area (Å²) < 4.78 is 18.1. The molecule has 3 atom stereocenters. The Balaban J connectivity index is 1.28. The minimum Gasteiger partial charge on any atom is -0.493 e. The maximum Gasteiger partial charge on any atom is 0.202 e. The maximum atomic E-state index is 9.76. The van der Waals surface area contributed by atoms with Crippen LogP contribution in [0.5, 0.6) is 11.5 Å². The molecule has 3 aromatic rings. The molecule has 1 heterocycles. The molecule has 2 aliphatic carbocycles. The normalized spacial score (nSPS) is 22.6. The number of rotatable bonds is 7. The van der Waals surface area contributed by atoms with Gasteiger partial charge in [0.15, 0.2) is 5.58 Å². The van der Waals surface area contributed by atoms with E-state index >= 15 is 0 Å². The van der Waals surface area contributed by atoms with Crippen molar-refractivity contribution in [3.05, 3.63) is 53.9 Å². The molecule has 5 heteroatoms. The van der Waals surface area contributed by atoms with E-state index in [2.05, 4.69) is 4.98 Å². The predicted molar refractivity (Wildman–Crippen MR) is 106 cm³/mol. The van der Waals surface area contributed by atoms with Gasteiger partial charge in [-0.1, -0.05) is 12.1 Å². The first kappa shape index (κ1) is 17.6. The third-order valence-corrected chi connectivity index (χ3v) is 5.72. The molecule has 1 aromatic heterocycles. The van der Waals surface area contributed by atoms with Crippen LogP contribution in [0.1, 0.15) is 56.1 Å². The summed E-state index contributed by atoms with van der Waals surface area (Å²) in [6, 6.07) is 13.6. The van der Waals surface area contributed by atoms with Crippen LogP contribution in [0.4, 0.5) is 0 Å². The van der Waals surface area contributed by atoms with Crippen LogP contribution in [0.3, 0.4) is 0 Å². The Morgan fingerprint density at radius 3 is 2.71 bits per heavy atom. The summed E-state index contributed by atoms with van der Waals surface area (Å²) in [5.41, 5.74) is 2.37. The monoisotopic (exact) mass is 379 g/mol. The number of benzene rings is 2. The van der Waals surface area contributed by atoms with Crippen molar-refractivity contribution in [2.45, 2.75) is 50.7 Å². The first-order chi connectivity index (χ1) is 13.7. The molecular formula is C23H25NO4. The van der Waals surface area contributed by atoms with E-state index in [4.69, 9.17) is 13.9 Å². The van der Waals surface area contributed by atoms with Gasteiger partial charge in [0.1, 0.15) is 23.1 Å². The molecule has 0 radical (unpaired) electrons. The van der Waals surface area contributed by atoms with Gasteiger partial charge in [-0.05, 0) is 68.4 Å². The van der Waals surface area contributed by atoms with Gasteiger partial charge in [0.25, 0.3) is 0 Å². The summed E-state index contributed by atoms with van der Waals surface area (Å²) in [4.78, 5) is 4.65. The van der Waals surface area contributed by atoms with Crippen molar-refractivity contribution >= 4 is 11.1 Å². The van der Waals surface area contributed by atoms with Crippen molar-refractivity contribution in [3.63, 3.8) is 0 Å². The van der Waals surface area contributed by atoms with Crippen LogP contribution in [0, 0.1) is 5.92 Å². The van der Waals surface area contributed by atoms with Crippen LogP contribution >= 0.6 is 0 Å². The molecule has 5 rings (SSSR count). The van der Waals surface area contributed by atoms with Gasteiger partial charge in [-0.15, -0.1) is 0 Å². The SMILES string of the molecule is C[C@H](O)c1ccc2nc([C@@H]3CC[C@@H]3Oc3cccc(OCC4CC4)c3)oc2c1. The number of aliphatic hydroxyl groups is 1. The van der Waals surface area contributed by atoms with Crippen molar-refractivity contribution in [1.29, 1.82) is 0 Å². The number of ether oxygens (including phenoxy) is 2. The van der Waals surface area contributed by atoms with Crippen molar-refractivity contribution in [3.8, 4) is 11.5 Å². The summed E-state index contributed by atoms with van der Waals surface area (Å²) >= 11 is 0. The van der Waals surface area contributed by atoms with Crippen LogP contribution in [0.25, 0.3) is 11.1 Å². The quantitative estimate of drug-likeness (QED) is 0.626. The molecule has 1 N–H and O–H groups in total. The zero-order chi connectivity index (χ0) is 19.1. The standard InChI is InChI=1S/C23H25NO4/c1-14(25)16-7-9-20-22(11-16)28-23(24-20)19-8-10-21(19)27-18-4-2-3-17(12-18)26-13-15-5-6-15/h2-4,7,9,11-12,14-15,19,21,25H,5-6,8,10,13H2,1H3/t14-,19+,21-/m0/s1. The molecule has 0 bridgehead atoms. The lowest BCUT2D eigenvalue weighted by atomic mass is 9.81. The Hall–Kier alpha value is -2.53. The fourth-order valence-electron chi connectivity index (χ4n) is 3.58. The van der Waals surface area contributed by atoms with Gasteiger partial charge in [-0.25, -0.2) is 4.98 Å². The number of fused-ring (bicyclic) bond motifs is 1. The van der Waals surface area contributed by atoms with Crippen molar-refractivity contribution in [2.75, 3.05) is 6.61 Å². The Kier molecular flexibility index (Phi) is 4.47. The molecule has 5 nitrogen and oxygen atoms in total. The fraction of sp³-hybridized carbons (Fsp3) is 0.435. The average molecular weight is 379 g/mol. The number of hydrogen-bond acceptors (Lipinski definition) is 5. The second-order valence-electron chi connectivity index (χ2n) is 8.02. The van der Waals surface area contributed by atoms with E-state index in [0.717, 1.165) is 59.4 Å². The largest absolute Gasteiger partial charge is 0.493 e. The third kappa shape index (κ3) is 3.59. The Morgan fingerprint density at radius 2 is 1.96 bits per heavy atom. The molecule has 2 fully saturated rings. The molecule has 28 heavy (non-hydrogen) atoms. The van der Waals surface area contributed by atoms with Gasteiger partial charge < -0.3 is 19.0 Å². The van der Waals surface area contributed by atoms with E-state index < -0.39 is 6.10 Å². The second-order valence-corrected chi connectivity index (χ2v) is 8.02. The number of aromatic nitrogens is 1. The Labute approximate surface area is 164 Å². The predicted octanol–water partition coefficient (Wildman–Crippen LogP) is 4.99. The zero-order valence-electron chi connectivity index (χ0n) is 16.0. The summed E-state index contributed by atoms with van der Waals surface area (Å²) in [6.45, 7) is 2.55. The van der Waals surface area contributed by atoms with Crippen molar-refractivity contribution < 1.29 is 19.0 Å². The fourth-order valence-corrected chi connectivity index (χ4v) is 3.58. The summed E-state index contributed by atoms with van der Waals surface area (Å²) in [7, 11) is 0. The topological polar surface area (TPSA) is 64.7 Å². The molecule has 0 unspecified atom stereocenters. The molecular weight excluding hydrogens is 354 g/mol. The van der Waals surface area contributed by atoms with Crippen LogP contribution in [-0.4, -0.2) is 22.8 Å². The van der Waals surface area contributed by atoms with Crippen LogP contribution in [-0.2, 0) is 0 Å². The number of aliphatic hydroxyl groups excluding tert-OH is 1. The van der Waals surface area contributed by atoms with Gasteiger partial charge in [-0.2, -0.15) is 0 Å². The second kappa shape index (κ2) is 7.13. The molecule has 0 spiro atoms. The number of nitrogens with zero attached hydrogens (tertiary/aromatic N) is 1. The van der Waals surface area contributed by atoms with Crippen LogP contribution in [0.2, 0.25) is 0 Å². The Morgan fingerprint density at radius 1 is 1.11 bits per heavy atom. The first-order valence-corrected chi connectivity index (χ1v) is 10.1. The molecule has 146 valence electrons. The number of hydrogen-bond donors (Lipinski definition) is 1. The lowest BCUT2D eigenvalue weighted by Crippen LogP contribution is -2.34. The summed E-state index contributed by atoms with van der Waals surface area (Å²) in [6.07, 6.45) is 4.08. The van der Waals surface area contributed by atoms with E-state index in [1.807, 2.05) is 42.5 Å². The van der Waals surface area contributed by atoms with Gasteiger partial charge in [-0.3, -0.25) is 0 Å². The zero-order valence-corrected chi connectivity index (χ0v) is 16.0. The van der Waals surface area contributed by atoms with E-state index in [1.165, 1.54) is 12.8 Å². The van der Waals surface area contributed by atoms with E-state index in [0.29, 0.717) is 0 Å². The lowest BCUT2D eigenvalue weighted by Gasteiger charge is -2.34. The smallest absolute Gasteiger partial charge is 0.202 e. The van der Waals surface area contributed by atoms with Crippen molar-refractivity contribution in [1.82, 2.24) is 4.98 Å². The van der Waals surface area contributed by atoms with Crippen LogP contribution < -0.4 is 9.47 Å². The highest BCUT2D eigenvalue weighted by molar-refractivity contribution is 5.73. The molecule has 2 aliphatic rings. The minimum absolute atomic E-state index is 0.0583. The average Bonchev–Trinajstić information content (AvgIpc) is 3.41. The minimum atomic E-state index is -0.521. The van der Waals surface area contributed by atoms with Crippen LogP contribution in [0.15, 0.2) is 46.9 Å². The van der Waals surface area contributed by atoms with E-state index in [1.54, 1.807) is 6.92 Å². The van der Waals surface area contributed by atoms with Gasteiger partial charge in [0, 0.05) is 6.07 Å². The van der Waals surface area contributed by atoms with Gasteiger partial charge >= 0.3 is 0 Å². The molecule has 0 amide bonds. The van der Waals surface area contributed by atoms with Gasteiger partial charge in [0.2, 0.25) is 5.89 Å². The highest BCUT2D eigenvalue weighted by Gasteiger charge is 2.38. The highest BCUT2D eigenvalue weighted by Crippen LogP contribution is 2.41. The van der Waals surface area contributed by atoms with E-state index in [-0.39, 0.29) is 12.0 Å². The highest BCUT2D eigenvalue weighted by atomic mass is 16.5. The number of oxazole rings is 1. The first-order valence-electron chi connectivity index (χ1n) is 10.1. The molecule has 2 saturated carbocycles. The maximum absolute atomic E-state index is 9.76. The summed E-state index contributed by atoms with van der Waals surface area (Å²) in [5, 5.41) is 9.76. The molecule has 0 aliphatic heterocycles. The lowest BCUT2D eigenvalue weighted by molar-refractivity contribution is 0.0769. The molecule has 2 aromatic carbocycles. The van der Waals surface area contributed by atoms with Crippen molar-refractivity contribution in [2.24, 2.45) is 5.92 Å². The summed E-state index contributed by atoms with van der Waals surface area (Å²) in [5.74, 6) is 3.30. The van der Waals surface area contributed by atoms with Gasteiger partial charge in [0.05, 0.1) is 18.6 Å². The molecule has 0 saturated heterocycles.